The van der Waals surface area contributed by atoms with Crippen LogP contribution < -0.4 is 15.7 Å². The lowest BCUT2D eigenvalue weighted by molar-refractivity contribution is 0.211. The molecule has 1 aromatic heterocycles. The van der Waals surface area contributed by atoms with Crippen LogP contribution in [0.1, 0.15) is 18.4 Å². The lowest BCUT2D eigenvalue weighted by Crippen LogP contribution is -2.38. The second kappa shape index (κ2) is 8.43. The highest BCUT2D eigenvalue weighted by atomic mass is 35.5. The van der Waals surface area contributed by atoms with Gasteiger partial charge in [-0.1, -0.05) is 17.7 Å². The summed E-state index contributed by atoms with van der Waals surface area (Å²) in [7, 11) is 1.61. The third-order valence-corrected chi connectivity index (χ3v) is 5.59. The maximum Gasteiger partial charge on any atom is 0.338 e. The first-order chi connectivity index (χ1) is 14.0. The molecular weight excluding hydrogens is 395 g/mol. The average molecular weight is 417 g/mol. The number of fused-ring (bicyclic) bond motifs is 1. The molecule has 0 aliphatic carbocycles. The molecule has 1 saturated heterocycles. The number of piperidine rings is 1. The van der Waals surface area contributed by atoms with Crippen LogP contribution in [-0.4, -0.2) is 31.1 Å². The van der Waals surface area contributed by atoms with E-state index in [-0.39, 0.29) is 22.5 Å². The van der Waals surface area contributed by atoms with Crippen LogP contribution in [-0.2, 0) is 6.54 Å². The van der Waals surface area contributed by atoms with E-state index in [0.717, 1.165) is 42.6 Å². The largest absolute Gasteiger partial charge is 0.497 e. The Labute approximate surface area is 173 Å². The molecule has 1 N–H and O–H groups in total. The van der Waals surface area contributed by atoms with Crippen LogP contribution in [0.15, 0.2) is 51.7 Å². The Morgan fingerprint density at radius 2 is 2.00 bits per heavy atom. The van der Waals surface area contributed by atoms with Gasteiger partial charge in [0.15, 0.2) is 0 Å². The number of ether oxygens (including phenoxy) is 1. The van der Waals surface area contributed by atoms with Gasteiger partial charge in [0.2, 0.25) is 0 Å². The summed E-state index contributed by atoms with van der Waals surface area (Å²) >= 11 is 5.76. The van der Waals surface area contributed by atoms with Gasteiger partial charge in [-0.15, -0.1) is 0 Å². The predicted molar refractivity (Wildman–Crippen MR) is 112 cm³/mol. The first-order valence-corrected chi connectivity index (χ1v) is 9.94. The van der Waals surface area contributed by atoms with E-state index in [4.69, 9.17) is 20.8 Å². The number of nitrogens with one attached hydrogen (secondary N) is 1. The minimum absolute atomic E-state index is 0.146. The van der Waals surface area contributed by atoms with Crippen LogP contribution in [0.5, 0.6) is 5.75 Å². The summed E-state index contributed by atoms with van der Waals surface area (Å²) in [6.45, 7) is 2.45. The molecule has 0 amide bonds. The van der Waals surface area contributed by atoms with E-state index in [1.54, 1.807) is 25.3 Å². The molecule has 29 heavy (non-hydrogen) atoms. The van der Waals surface area contributed by atoms with E-state index >= 15 is 0 Å². The van der Waals surface area contributed by atoms with E-state index < -0.39 is 0 Å². The van der Waals surface area contributed by atoms with Crippen molar-refractivity contribution < 1.29 is 13.5 Å². The minimum atomic E-state index is -0.383. The Bertz CT molecular complexity index is 1080. The summed E-state index contributed by atoms with van der Waals surface area (Å²) in [6.07, 6.45) is 1.84. The van der Waals surface area contributed by atoms with Crippen molar-refractivity contribution in [2.45, 2.75) is 25.4 Å². The van der Waals surface area contributed by atoms with E-state index in [2.05, 4.69) is 10.2 Å². The van der Waals surface area contributed by atoms with Crippen molar-refractivity contribution in [3.63, 3.8) is 0 Å². The molecule has 1 aliphatic heterocycles. The van der Waals surface area contributed by atoms with Gasteiger partial charge >= 0.3 is 5.63 Å². The Morgan fingerprint density at radius 3 is 2.72 bits per heavy atom. The molecule has 2 aromatic carbocycles. The molecule has 0 unspecified atom stereocenters. The number of hydrogen-bond donors (Lipinski definition) is 1. The van der Waals surface area contributed by atoms with Gasteiger partial charge in [-0.05, 0) is 48.7 Å². The number of anilines is 1. The first kappa shape index (κ1) is 19.7. The fraction of sp³-hybridized carbons (Fsp3) is 0.318. The smallest absolute Gasteiger partial charge is 0.338 e. The van der Waals surface area contributed by atoms with Gasteiger partial charge in [-0.3, -0.25) is 4.90 Å². The highest BCUT2D eigenvalue weighted by Crippen LogP contribution is 2.28. The number of nitrogens with zero attached hydrogens (tertiary/aromatic N) is 1. The van der Waals surface area contributed by atoms with E-state index in [1.165, 1.54) is 12.1 Å². The molecule has 7 heteroatoms. The Hall–Kier alpha value is -2.57. The monoisotopic (exact) mass is 416 g/mol. The summed E-state index contributed by atoms with van der Waals surface area (Å²) < 4.78 is 24.2. The number of hydrogen-bond acceptors (Lipinski definition) is 5. The van der Waals surface area contributed by atoms with Gasteiger partial charge in [0.25, 0.3) is 0 Å². The lowest BCUT2D eigenvalue weighted by Gasteiger charge is -2.33. The van der Waals surface area contributed by atoms with E-state index in [1.807, 2.05) is 12.1 Å². The molecular formula is C22H22ClFN2O3. The van der Waals surface area contributed by atoms with Gasteiger partial charge in [-0.25, -0.2) is 9.18 Å². The summed E-state index contributed by atoms with van der Waals surface area (Å²) in [5.41, 5.74) is 1.82. The second-order valence-electron chi connectivity index (χ2n) is 7.28. The summed E-state index contributed by atoms with van der Waals surface area (Å²) in [5.74, 6) is 0.324. The summed E-state index contributed by atoms with van der Waals surface area (Å²) in [5, 5.41) is 4.47. The minimum Gasteiger partial charge on any atom is -0.497 e. The van der Waals surface area contributed by atoms with Crippen molar-refractivity contribution in [3.05, 3.63) is 69.3 Å². The third-order valence-electron chi connectivity index (χ3n) is 5.29. The van der Waals surface area contributed by atoms with Crippen LogP contribution >= 0.6 is 11.6 Å². The van der Waals surface area contributed by atoms with Gasteiger partial charge in [0, 0.05) is 37.1 Å². The van der Waals surface area contributed by atoms with Crippen molar-refractivity contribution in [1.29, 1.82) is 0 Å². The molecule has 0 saturated carbocycles. The first-order valence-electron chi connectivity index (χ1n) is 9.56. The molecule has 3 aromatic rings. The highest BCUT2D eigenvalue weighted by Gasteiger charge is 2.20. The van der Waals surface area contributed by atoms with Crippen LogP contribution in [0.4, 0.5) is 10.1 Å². The molecule has 1 fully saturated rings. The van der Waals surface area contributed by atoms with Gasteiger partial charge in [0.1, 0.15) is 17.1 Å². The van der Waals surface area contributed by atoms with Crippen molar-refractivity contribution >= 4 is 28.3 Å². The molecule has 0 spiro atoms. The van der Waals surface area contributed by atoms with Crippen molar-refractivity contribution in [1.82, 2.24) is 4.90 Å². The maximum absolute atomic E-state index is 13.6. The summed E-state index contributed by atoms with van der Waals surface area (Å²) in [6, 6.07) is 12.1. The predicted octanol–water partition coefficient (Wildman–Crippen LogP) is 4.67. The fourth-order valence-corrected chi connectivity index (χ4v) is 3.86. The third kappa shape index (κ3) is 4.54. The summed E-state index contributed by atoms with van der Waals surface area (Å²) in [4.78, 5) is 14.2. The Balaban J connectivity index is 1.43. The van der Waals surface area contributed by atoms with Crippen molar-refractivity contribution in [2.75, 3.05) is 25.5 Å². The molecule has 2 heterocycles. The number of methoxy groups -OCH3 is 1. The van der Waals surface area contributed by atoms with Gasteiger partial charge in [-0.2, -0.15) is 0 Å². The van der Waals surface area contributed by atoms with Gasteiger partial charge in [0.05, 0.1) is 17.8 Å². The van der Waals surface area contributed by atoms with E-state index in [0.29, 0.717) is 17.9 Å². The molecule has 152 valence electrons. The fourth-order valence-electron chi connectivity index (χ4n) is 3.74. The van der Waals surface area contributed by atoms with Crippen LogP contribution in [0.25, 0.3) is 11.0 Å². The molecule has 5 nitrogen and oxygen atoms in total. The van der Waals surface area contributed by atoms with Crippen LogP contribution in [0.3, 0.4) is 0 Å². The molecule has 0 bridgehead atoms. The zero-order chi connectivity index (χ0) is 20.4. The molecule has 4 rings (SSSR count). The number of halogens is 2. The van der Waals surface area contributed by atoms with Crippen LogP contribution in [0, 0.1) is 5.82 Å². The Kier molecular flexibility index (Phi) is 5.74. The molecule has 1 aliphatic rings. The lowest BCUT2D eigenvalue weighted by atomic mass is 10.0. The van der Waals surface area contributed by atoms with E-state index in [9.17, 15) is 9.18 Å². The number of rotatable bonds is 5. The molecule has 0 atom stereocenters. The second-order valence-corrected chi connectivity index (χ2v) is 7.69. The average Bonchev–Trinajstić information content (AvgIpc) is 2.72. The van der Waals surface area contributed by atoms with Crippen LogP contribution in [0.2, 0.25) is 5.02 Å². The Morgan fingerprint density at radius 1 is 1.21 bits per heavy atom. The van der Waals surface area contributed by atoms with Gasteiger partial charge < -0.3 is 14.5 Å². The zero-order valence-corrected chi connectivity index (χ0v) is 16.8. The van der Waals surface area contributed by atoms with Crippen molar-refractivity contribution in [2.24, 2.45) is 0 Å². The normalized spacial score (nSPS) is 15.6. The van der Waals surface area contributed by atoms with Crippen molar-refractivity contribution in [3.8, 4) is 5.75 Å². The molecule has 0 radical (unpaired) electrons. The zero-order valence-electron chi connectivity index (χ0n) is 16.1. The number of likely N-dealkylation sites (tertiary alicyclic amines) is 1. The standard InChI is InChI=1S/C22H22ClFN2O3/c1-28-16-3-5-21-17(11-16)20(12-22(27)29-21)25-15-6-8-26(9-7-15)13-14-2-4-18(23)19(24)10-14/h2-5,10-12,15,25H,6-9,13H2,1H3. The maximum atomic E-state index is 13.6. The number of benzene rings is 2. The quantitative estimate of drug-likeness (QED) is 0.612. The topological polar surface area (TPSA) is 54.7 Å². The SMILES string of the molecule is COc1ccc2oc(=O)cc(NC3CCN(Cc4ccc(Cl)c(F)c4)CC3)c2c1. The highest BCUT2D eigenvalue weighted by molar-refractivity contribution is 6.30.